The minimum Gasteiger partial charge on any atom is -0.356 e. The normalized spacial score (nSPS) is 14.2. The van der Waals surface area contributed by atoms with Crippen molar-refractivity contribution < 1.29 is 0 Å². The smallest absolute Gasteiger partial charge is 0.191 e. The second-order valence-electron chi connectivity index (χ2n) is 6.57. The van der Waals surface area contributed by atoms with Crippen molar-refractivity contribution in [2.45, 2.75) is 52.0 Å². The summed E-state index contributed by atoms with van der Waals surface area (Å²) in [4.78, 5) is 10.7. The molecule has 2 N–H and O–H groups in total. The fourth-order valence-corrected chi connectivity index (χ4v) is 4.37. The Balaban J connectivity index is 1.40. The second kappa shape index (κ2) is 8.99. The van der Waals surface area contributed by atoms with Gasteiger partial charge in [-0.15, -0.1) is 11.3 Å². The summed E-state index contributed by atoms with van der Waals surface area (Å²) in [6.07, 6.45) is 7.19. The summed E-state index contributed by atoms with van der Waals surface area (Å²) < 4.78 is 0. The van der Waals surface area contributed by atoms with Crippen molar-refractivity contribution in [3.63, 3.8) is 0 Å². The number of aliphatic imine (C=N–C) groups is 1. The zero-order valence-corrected chi connectivity index (χ0v) is 16.1. The Morgan fingerprint density at radius 2 is 2.04 bits per heavy atom. The number of benzene rings is 1. The average molecular weight is 357 g/mol. The topological polar surface area (TPSA) is 49.3 Å². The van der Waals surface area contributed by atoms with E-state index in [9.17, 15) is 0 Å². The van der Waals surface area contributed by atoms with Gasteiger partial charge >= 0.3 is 0 Å². The molecule has 25 heavy (non-hydrogen) atoms. The molecule has 0 aliphatic heterocycles. The number of aryl methyl sites for hydroxylation is 4. The van der Waals surface area contributed by atoms with E-state index >= 15 is 0 Å². The summed E-state index contributed by atoms with van der Waals surface area (Å²) in [6, 6.07) is 8.44. The molecule has 1 aromatic heterocycles. The van der Waals surface area contributed by atoms with Crippen LogP contribution in [0.2, 0.25) is 0 Å². The highest BCUT2D eigenvalue weighted by molar-refractivity contribution is 7.11. The van der Waals surface area contributed by atoms with Crippen molar-refractivity contribution in [1.29, 1.82) is 0 Å². The Hall–Kier alpha value is -1.88. The zero-order chi connectivity index (χ0) is 17.5. The summed E-state index contributed by atoms with van der Waals surface area (Å²) in [5, 5.41) is 8.10. The minimum absolute atomic E-state index is 0.797. The van der Waals surface area contributed by atoms with Crippen molar-refractivity contribution in [3.8, 4) is 0 Å². The Kier molecular flexibility index (Phi) is 6.45. The molecule has 5 heteroatoms. The quantitative estimate of drug-likeness (QED) is 0.472. The first-order chi connectivity index (χ1) is 12.3. The van der Waals surface area contributed by atoms with E-state index < -0.39 is 0 Å². The number of aromatic nitrogens is 1. The molecule has 1 aromatic carbocycles. The third-order valence-electron chi connectivity index (χ3n) is 4.68. The van der Waals surface area contributed by atoms with Gasteiger partial charge < -0.3 is 10.6 Å². The van der Waals surface area contributed by atoms with Crippen molar-refractivity contribution in [3.05, 3.63) is 51.0 Å². The van der Waals surface area contributed by atoms with Crippen LogP contribution in [0.15, 0.2) is 29.3 Å². The number of rotatable bonds is 6. The largest absolute Gasteiger partial charge is 0.356 e. The molecule has 134 valence electrons. The minimum atomic E-state index is 0.797. The Morgan fingerprint density at radius 1 is 1.20 bits per heavy atom. The number of thiazole rings is 1. The molecule has 0 radical (unpaired) electrons. The van der Waals surface area contributed by atoms with Crippen LogP contribution in [-0.2, 0) is 25.8 Å². The predicted molar refractivity (Wildman–Crippen MR) is 106 cm³/mol. The summed E-state index contributed by atoms with van der Waals surface area (Å²) >= 11 is 1.92. The molecule has 0 atom stereocenters. The number of hydrogen-bond donors (Lipinski definition) is 2. The van der Waals surface area contributed by atoms with Gasteiger partial charge in [-0.3, -0.25) is 4.99 Å². The van der Waals surface area contributed by atoms with Crippen LogP contribution < -0.4 is 10.6 Å². The summed E-state index contributed by atoms with van der Waals surface area (Å²) in [5.74, 6) is 0.863. The van der Waals surface area contributed by atoms with Gasteiger partial charge in [-0.05, 0) is 50.2 Å². The molecule has 0 bridgehead atoms. The predicted octanol–water partition coefficient (Wildman–Crippen LogP) is 3.63. The number of fused-ring (bicyclic) bond motifs is 1. The van der Waals surface area contributed by atoms with E-state index in [-0.39, 0.29) is 0 Å². The van der Waals surface area contributed by atoms with Crippen molar-refractivity contribution in [2.24, 2.45) is 4.99 Å². The van der Waals surface area contributed by atoms with Gasteiger partial charge in [0.2, 0.25) is 0 Å². The Morgan fingerprint density at radius 3 is 2.84 bits per heavy atom. The van der Waals surface area contributed by atoms with Crippen LogP contribution >= 0.6 is 11.3 Å². The van der Waals surface area contributed by atoms with E-state index in [0.717, 1.165) is 31.9 Å². The maximum absolute atomic E-state index is 4.82. The van der Waals surface area contributed by atoms with Crippen molar-refractivity contribution in [1.82, 2.24) is 15.6 Å². The molecule has 1 aliphatic rings. The first-order valence-corrected chi connectivity index (χ1v) is 10.0. The molecule has 0 spiro atoms. The molecule has 0 saturated carbocycles. The third kappa shape index (κ3) is 5.05. The highest BCUT2D eigenvalue weighted by Gasteiger charge is 2.14. The van der Waals surface area contributed by atoms with Gasteiger partial charge in [-0.25, -0.2) is 4.98 Å². The van der Waals surface area contributed by atoms with Crippen LogP contribution in [0.3, 0.4) is 0 Å². The number of nitrogens with one attached hydrogen (secondary N) is 2. The van der Waals surface area contributed by atoms with E-state index in [1.807, 2.05) is 18.4 Å². The van der Waals surface area contributed by atoms with E-state index in [4.69, 9.17) is 4.98 Å². The standard InChI is InChI=1S/C20H28N4S/c1-15-8-3-4-9-16(15)14-23-20(21-2)22-13-7-12-19-24-17-10-5-6-11-18(17)25-19/h3-4,8-9H,5-7,10-14H2,1-2H3,(H2,21,22,23). The molecular weight excluding hydrogens is 328 g/mol. The molecule has 1 heterocycles. The lowest BCUT2D eigenvalue weighted by atomic mass is 10.0. The van der Waals surface area contributed by atoms with Gasteiger partial charge in [-0.1, -0.05) is 24.3 Å². The van der Waals surface area contributed by atoms with Crippen molar-refractivity contribution in [2.75, 3.05) is 13.6 Å². The molecule has 1 aliphatic carbocycles. The maximum Gasteiger partial charge on any atom is 0.191 e. The highest BCUT2D eigenvalue weighted by atomic mass is 32.1. The van der Waals surface area contributed by atoms with Gasteiger partial charge in [-0.2, -0.15) is 0 Å². The van der Waals surface area contributed by atoms with Gasteiger partial charge in [0.25, 0.3) is 0 Å². The first-order valence-electron chi connectivity index (χ1n) is 9.22. The average Bonchev–Trinajstić information content (AvgIpc) is 3.05. The fourth-order valence-electron chi connectivity index (χ4n) is 3.17. The Labute approximate surface area is 154 Å². The van der Waals surface area contributed by atoms with E-state index in [1.54, 1.807) is 0 Å². The molecule has 0 amide bonds. The lowest BCUT2D eigenvalue weighted by molar-refractivity contribution is 0.678. The summed E-state index contributed by atoms with van der Waals surface area (Å²) in [7, 11) is 1.82. The Bertz CT molecular complexity index is 697. The molecular formula is C20H28N4S. The van der Waals surface area contributed by atoms with Crippen LogP contribution in [0.4, 0.5) is 0 Å². The monoisotopic (exact) mass is 356 g/mol. The highest BCUT2D eigenvalue weighted by Crippen LogP contribution is 2.27. The van der Waals surface area contributed by atoms with Gasteiger partial charge in [0, 0.05) is 31.4 Å². The third-order valence-corrected chi connectivity index (χ3v) is 5.90. The fraction of sp³-hybridized carbons (Fsp3) is 0.500. The SMILES string of the molecule is CN=C(NCCCc1nc2c(s1)CCCC2)NCc1ccccc1C. The molecule has 4 nitrogen and oxygen atoms in total. The summed E-state index contributed by atoms with van der Waals surface area (Å²) in [6.45, 7) is 3.85. The summed E-state index contributed by atoms with van der Waals surface area (Å²) in [5.41, 5.74) is 3.98. The zero-order valence-electron chi connectivity index (χ0n) is 15.3. The number of nitrogens with zero attached hydrogens (tertiary/aromatic N) is 2. The van der Waals surface area contributed by atoms with Crippen LogP contribution in [-0.4, -0.2) is 24.5 Å². The molecule has 0 saturated heterocycles. The lowest BCUT2D eigenvalue weighted by Crippen LogP contribution is -2.37. The molecule has 2 aromatic rings. The van der Waals surface area contributed by atoms with E-state index in [1.165, 1.54) is 52.4 Å². The van der Waals surface area contributed by atoms with E-state index in [0.29, 0.717) is 0 Å². The molecule has 3 rings (SSSR count). The van der Waals surface area contributed by atoms with Crippen LogP contribution in [0.25, 0.3) is 0 Å². The van der Waals surface area contributed by atoms with Crippen LogP contribution in [0.5, 0.6) is 0 Å². The number of guanidine groups is 1. The van der Waals surface area contributed by atoms with E-state index in [2.05, 4.69) is 46.8 Å². The first kappa shape index (κ1) is 17.9. The van der Waals surface area contributed by atoms with Crippen LogP contribution in [0.1, 0.15) is 46.0 Å². The van der Waals surface area contributed by atoms with Gasteiger partial charge in [0.1, 0.15) is 0 Å². The van der Waals surface area contributed by atoms with Crippen molar-refractivity contribution >= 4 is 17.3 Å². The second-order valence-corrected chi connectivity index (χ2v) is 7.74. The van der Waals surface area contributed by atoms with Crippen LogP contribution in [0, 0.1) is 6.92 Å². The number of hydrogen-bond acceptors (Lipinski definition) is 3. The van der Waals surface area contributed by atoms with Gasteiger partial charge in [0.05, 0.1) is 10.7 Å². The maximum atomic E-state index is 4.82. The lowest BCUT2D eigenvalue weighted by Gasteiger charge is -2.12. The molecule has 0 unspecified atom stereocenters. The molecule has 0 fully saturated rings. The van der Waals surface area contributed by atoms with Gasteiger partial charge in [0.15, 0.2) is 5.96 Å².